The van der Waals surface area contributed by atoms with E-state index < -0.39 is 0 Å². The molecule has 3 N–H and O–H groups in total. The molecule has 0 radical (unpaired) electrons. The van der Waals surface area contributed by atoms with Crippen molar-refractivity contribution < 1.29 is 0 Å². The fourth-order valence-electron chi connectivity index (χ4n) is 2.52. The Bertz CT molecular complexity index is 364. The highest BCUT2D eigenvalue weighted by Gasteiger charge is 2.26. The van der Waals surface area contributed by atoms with Crippen LogP contribution in [0, 0.1) is 5.92 Å². The van der Waals surface area contributed by atoms with Crippen LogP contribution in [-0.2, 0) is 0 Å². The maximum atomic E-state index is 5.94. The van der Waals surface area contributed by atoms with Gasteiger partial charge in [0, 0.05) is 15.5 Å². The molecule has 0 aromatic heterocycles. The van der Waals surface area contributed by atoms with Crippen molar-refractivity contribution in [1.82, 2.24) is 5.43 Å². The molecule has 2 rings (SSSR count). The van der Waals surface area contributed by atoms with E-state index in [-0.39, 0.29) is 6.04 Å². The summed E-state index contributed by atoms with van der Waals surface area (Å²) in [7, 11) is 0. The average Bonchev–Trinajstić information content (AvgIpc) is 2.75. The summed E-state index contributed by atoms with van der Waals surface area (Å²) in [5, 5.41) is 0.748. The van der Waals surface area contributed by atoms with E-state index in [1.165, 1.54) is 31.2 Å². The van der Waals surface area contributed by atoms with Gasteiger partial charge >= 0.3 is 0 Å². The van der Waals surface area contributed by atoms with Gasteiger partial charge in [-0.1, -0.05) is 46.4 Å². The zero-order valence-corrected chi connectivity index (χ0v) is 11.4. The van der Waals surface area contributed by atoms with Crippen LogP contribution < -0.4 is 11.3 Å². The summed E-state index contributed by atoms with van der Waals surface area (Å²) in [6.07, 6.45) is 5.13. The largest absolute Gasteiger partial charge is 0.271 e. The predicted molar refractivity (Wildman–Crippen MR) is 71.2 cm³/mol. The van der Waals surface area contributed by atoms with Gasteiger partial charge in [0.1, 0.15) is 0 Å². The molecule has 88 valence electrons. The molecule has 1 saturated carbocycles. The van der Waals surface area contributed by atoms with Crippen LogP contribution in [0.4, 0.5) is 0 Å². The lowest BCUT2D eigenvalue weighted by Crippen LogP contribution is -2.32. The summed E-state index contributed by atoms with van der Waals surface area (Å²) in [6.45, 7) is 0. The van der Waals surface area contributed by atoms with E-state index >= 15 is 0 Å². The molecule has 1 aliphatic carbocycles. The van der Waals surface area contributed by atoms with Crippen molar-refractivity contribution in [1.29, 1.82) is 0 Å². The van der Waals surface area contributed by atoms with Gasteiger partial charge in [-0.2, -0.15) is 0 Å². The van der Waals surface area contributed by atoms with Crippen molar-refractivity contribution in [2.24, 2.45) is 11.8 Å². The van der Waals surface area contributed by atoms with Crippen LogP contribution in [0.5, 0.6) is 0 Å². The number of rotatable bonds is 3. The van der Waals surface area contributed by atoms with Gasteiger partial charge in [-0.25, -0.2) is 0 Å². The number of nitrogens with one attached hydrogen (secondary N) is 1. The number of hydrogen-bond donors (Lipinski definition) is 2. The zero-order valence-electron chi connectivity index (χ0n) is 9.05. The Kier molecular flexibility index (Phi) is 4.25. The summed E-state index contributed by atoms with van der Waals surface area (Å²) in [5.41, 5.74) is 4.15. The van der Waals surface area contributed by atoms with Crippen LogP contribution in [-0.4, -0.2) is 0 Å². The van der Waals surface area contributed by atoms with Gasteiger partial charge in [-0.15, -0.1) is 0 Å². The molecule has 0 saturated heterocycles. The summed E-state index contributed by atoms with van der Waals surface area (Å²) in [4.78, 5) is 0. The normalized spacial score (nSPS) is 18.9. The quantitative estimate of drug-likeness (QED) is 0.658. The standard InChI is InChI=1S/C12H16BrClN2/c13-11-7-9(14)5-6-10(11)12(16-15)8-3-1-2-4-8/h5-8,12,16H,1-4,15H2. The Labute approximate surface area is 110 Å². The number of hydrazine groups is 1. The lowest BCUT2D eigenvalue weighted by molar-refractivity contribution is 0.372. The molecular formula is C12H16BrClN2. The summed E-state index contributed by atoms with van der Waals surface area (Å²) in [5.74, 6) is 6.33. The molecule has 1 aromatic rings. The first-order valence-electron chi connectivity index (χ1n) is 5.63. The summed E-state index contributed by atoms with van der Waals surface area (Å²) >= 11 is 9.50. The zero-order chi connectivity index (χ0) is 11.5. The fraction of sp³-hybridized carbons (Fsp3) is 0.500. The molecule has 0 bridgehead atoms. The molecule has 1 aliphatic rings. The topological polar surface area (TPSA) is 38.0 Å². The minimum atomic E-state index is 0.231. The third-order valence-corrected chi connectivity index (χ3v) is 4.27. The molecule has 1 aromatic carbocycles. The highest BCUT2D eigenvalue weighted by molar-refractivity contribution is 9.10. The number of halogens is 2. The van der Waals surface area contributed by atoms with Crippen LogP contribution in [0.15, 0.2) is 22.7 Å². The van der Waals surface area contributed by atoms with Gasteiger partial charge in [-0.05, 0) is 36.5 Å². The van der Waals surface area contributed by atoms with Crippen molar-refractivity contribution in [3.05, 3.63) is 33.3 Å². The molecular weight excluding hydrogens is 288 g/mol. The van der Waals surface area contributed by atoms with Crippen molar-refractivity contribution in [2.75, 3.05) is 0 Å². The van der Waals surface area contributed by atoms with Crippen molar-refractivity contribution in [2.45, 2.75) is 31.7 Å². The average molecular weight is 304 g/mol. The van der Waals surface area contributed by atoms with E-state index in [0.29, 0.717) is 5.92 Å². The molecule has 1 fully saturated rings. The number of hydrogen-bond acceptors (Lipinski definition) is 2. The molecule has 16 heavy (non-hydrogen) atoms. The Morgan fingerprint density at radius 2 is 2.06 bits per heavy atom. The highest BCUT2D eigenvalue weighted by Crippen LogP contribution is 2.38. The SMILES string of the molecule is NNC(c1ccc(Cl)cc1Br)C1CCCC1. The van der Waals surface area contributed by atoms with Gasteiger partial charge in [0.25, 0.3) is 0 Å². The van der Waals surface area contributed by atoms with Gasteiger partial charge in [0.05, 0.1) is 0 Å². The molecule has 2 nitrogen and oxygen atoms in total. The van der Waals surface area contributed by atoms with Crippen LogP contribution in [0.1, 0.15) is 37.3 Å². The van der Waals surface area contributed by atoms with Gasteiger partial charge in [-0.3, -0.25) is 11.3 Å². The van der Waals surface area contributed by atoms with E-state index in [1.54, 1.807) is 0 Å². The smallest absolute Gasteiger partial charge is 0.0499 e. The van der Waals surface area contributed by atoms with E-state index in [0.717, 1.165) is 9.50 Å². The first-order valence-corrected chi connectivity index (χ1v) is 6.80. The third-order valence-electron chi connectivity index (χ3n) is 3.35. The summed E-state index contributed by atoms with van der Waals surface area (Å²) in [6, 6.07) is 6.13. The maximum absolute atomic E-state index is 5.94. The van der Waals surface area contributed by atoms with Crippen molar-refractivity contribution in [3.8, 4) is 0 Å². The highest BCUT2D eigenvalue weighted by atomic mass is 79.9. The van der Waals surface area contributed by atoms with Crippen molar-refractivity contribution in [3.63, 3.8) is 0 Å². The molecule has 0 spiro atoms. The van der Waals surface area contributed by atoms with E-state index in [9.17, 15) is 0 Å². The predicted octanol–water partition coefficient (Wildman–Crippen LogP) is 3.80. The first-order chi connectivity index (χ1) is 7.72. The van der Waals surface area contributed by atoms with Gasteiger partial charge < -0.3 is 0 Å². The van der Waals surface area contributed by atoms with Crippen LogP contribution in [0.25, 0.3) is 0 Å². The Morgan fingerprint density at radius 3 is 2.62 bits per heavy atom. The molecule has 0 aliphatic heterocycles. The number of benzene rings is 1. The molecule has 1 unspecified atom stereocenters. The maximum Gasteiger partial charge on any atom is 0.0499 e. The van der Waals surface area contributed by atoms with Gasteiger partial charge in [0.2, 0.25) is 0 Å². The van der Waals surface area contributed by atoms with Crippen molar-refractivity contribution >= 4 is 27.5 Å². The number of nitrogens with two attached hydrogens (primary N) is 1. The Hall–Kier alpha value is -0.0900. The fourth-order valence-corrected chi connectivity index (χ4v) is 3.45. The van der Waals surface area contributed by atoms with Crippen LogP contribution in [0.3, 0.4) is 0 Å². The minimum absolute atomic E-state index is 0.231. The second-order valence-corrected chi connectivity index (χ2v) is 5.65. The first kappa shape index (κ1) is 12.4. The minimum Gasteiger partial charge on any atom is -0.271 e. The van der Waals surface area contributed by atoms with E-state index in [4.69, 9.17) is 17.4 Å². The van der Waals surface area contributed by atoms with E-state index in [1.807, 2.05) is 12.1 Å². The second-order valence-electron chi connectivity index (χ2n) is 4.35. The lowest BCUT2D eigenvalue weighted by Gasteiger charge is -2.24. The second kappa shape index (κ2) is 5.50. The van der Waals surface area contributed by atoms with Crippen LogP contribution in [0.2, 0.25) is 5.02 Å². The molecule has 4 heteroatoms. The Morgan fingerprint density at radius 1 is 1.38 bits per heavy atom. The third kappa shape index (κ3) is 2.59. The Balaban J connectivity index is 2.25. The summed E-state index contributed by atoms with van der Waals surface area (Å²) < 4.78 is 1.04. The molecule has 0 heterocycles. The lowest BCUT2D eigenvalue weighted by atomic mass is 9.92. The molecule has 0 amide bonds. The van der Waals surface area contributed by atoms with E-state index in [2.05, 4.69) is 27.4 Å². The van der Waals surface area contributed by atoms with Crippen LogP contribution >= 0.6 is 27.5 Å². The monoisotopic (exact) mass is 302 g/mol. The van der Waals surface area contributed by atoms with Gasteiger partial charge in [0.15, 0.2) is 0 Å². The molecule has 1 atom stereocenters.